The Balaban J connectivity index is 1.63. The Morgan fingerprint density at radius 1 is 1.08 bits per heavy atom. The topological polar surface area (TPSA) is 58.2 Å². The maximum Gasteiger partial charge on any atom is 0.251 e. The Kier molecular flexibility index (Phi) is 5.53. The van der Waals surface area contributed by atoms with Gasteiger partial charge in [0.1, 0.15) is 0 Å². The molecule has 1 aliphatic carbocycles. The zero-order chi connectivity index (χ0) is 17.8. The van der Waals surface area contributed by atoms with Gasteiger partial charge in [-0.05, 0) is 61.2 Å². The van der Waals surface area contributed by atoms with Gasteiger partial charge in [-0.15, -0.1) is 0 Å². The van der Waals surface area contributed by atoms with Gasteiger partial charge in [-0.25, -0.2) is 0 Å². The van der Waals surface area contributed by atoms with Crippen molar-refractivity contribution in [3.8, 4) is 0 Å². The molecule has 0 aliphatic heterocycles. The van der Waals surface area contributed by atoms with Crippen LogP contribution in [0.3, 0.4) is 0 Å². The molecule has 1 fully saturated rings. The molecule has 0 unspecified atom stereocenters. The zero-order valence-electron chi connectivity index (χ0n) is 14.1. The normalized spacial score (nSPS) is 14.6. The lowest BCUT2D eigenvalue weighted by molar-refractivity contribution is -0.117. The van der Waals surface area contributed by atoms with Crippen molar-refractivity contribution in [1.82, 2.24) is 5.32 Å². The van der Waals surface area contributed by atoms with Gasteiger partial charge in [-0.3, -0.25) is 9.59 Å². The fraction of sp³-hybridized carbons (Fsp3) is 0.300. The van der Waals surface area contributed by atoms with Crippen molar-refractivity contribution < 1.29 is 9.59 Å². The molecule has 4 nitrogen and oxygen atoms in total. The second-order valence-corrected chi connectivity index (χ2v) is 7.24. The van der Waals surface area contributed by atoms with E-state index >= 15 is 0 Å². The molecule has 0 aromatic heterocycles. The van der Waals surface area contributed by atoms with Gasteiger partial charge in [0.25, 0.3) is 5.91 Å². The van der Waals surface area contributed by atoms with E-state index in [2.05, 4.69) is 26.6 Å². The molecule has 2 N–H and O–H groups in total. The molecule has 130 valence electrons. The van der Waals surface area contributed by atoms with Crippen LogP contribution < -0.4 is 10.6 Å². The van der Waals surface area contributed by atoms with E-state index < -0.39 is 0 Å². The molecule has 0 spiro atoms. The molecule has 3 rings (SSSR count). The number of anilines is 1. The number of carbonyl (C=O) groups is 2. The highest BCUT2D eigenvalue weighted by Gasteiger charge is 2.29. The molecule has 2 aromatic carbocycles. The molecule has 1 aliphatic rings. The average Bonchev–Trinajstić information content (AvgIpc) is 3.46. The molecule has 25 heavy (non-hydrogen) atoms. The first kappa shape index (κ1) is 17.7. The number of hydrogen-bond donors (Lipinski definition) is 2. The van der Waals surface area contributed by atoms with Crippen molar-refractivity contribution in [2.45, 2.75) is 32.2 Å². The Morgan fingerprint density at radius 3 is 2.28 bits per heavy atom. The maximum absolute atomic E-state index is 12.5. The summed E-state index contributed by atoms with van der Waals surface area (Å²) in [7, 11) is 0. The second-order valence-electron chi connectivity index (χ2n) is 6.33. The highest BCUT2D eigenvalue weighted by Crippen LogP contribution is 2.30. The van der Waals surface area contributed by atoms with Crippen molar-refractivity contribution in [3.63, 3.8) is 0 Å². The minimum atomic E-state index is -0.116. The molecule has 0 bridgehead atoms. The molecule has 0 radical (unpaired) electrons. The lowest BCUT2D eigenvalue weighted by Gasteiger charge is -2.18. The Bertz CT molecular complexity index is 752. The van der Waals surface area contributed by atoms with Gasteiger partial charge in [0, 0.05) is 21.6 Å². The quantitative estimate of drug-likeness (QED) is 0.739. The predicted molar refractivity (Wildman–Crippen MR) is 102 cm³/mol. The summed E-state index contributed by atoms with van der Waals surface area (Å²) in [6.45, 7) is 2.05. The summed E-state index contributed by atoms with van der Waals surface area (Å²) in [6, 6.07) is 15.0. The Labute approximate surface area is 156 Å². The van der Waals surface area contributed by atoms with Crippen molar-refractivity contribution in [3.05, 3.63) is 64.1 Å². The second kappa shape index (κ2) is 7.83. The number of rotatable bonds is 6. The summed E-state index contributed by atoms with van der Waals surface area (Å²) in [5.74, 6) is 0.118. The van der Waals surface area contributed by atoms with E-state index in [1.807, 2.05) is 31.2 Å². The van der Waals surface area contributed by atoms with Crippen LogP contribution in [0.2, 0.25) is 0 Å². The molecule has 0 saturated heterocycles. The third-order valence-electron chi connectivity index (χ3n) is 4.35. The molecule has 5 heteroatoms. The van der Waals surface area contributed by atoms with Gasteiger partial charge >= 0.3 is 0 Å². The van der Waals surface area contributed by atoms with E-state index in [0.29, 0.717) is 5.56 Å². The summed E-state index contributed by atoms with van der Waals surface area (Å²) in [6.07, 6.45) is 2.75. The molecular formula is C20H21BrN2O2. The molecule has 1 saturated carbocycles. The summed E-state index contributed by atoms with van der Waals surface area (Å²) in [5.41, 5.74) is 2.39. The van der Waals surface area contributed by atoms with Crippen molar-refractivity contribution >= 4 is 33.4 Å². The third kappa shape index (κ3) is 4.69. The number of hydrogen-bond acceptors (Lipinski definition) is 2. The number of amides is 2. The Morgan fingerprint density at radius 2 is 1.72 bits per heavy atom. The third-order valence-corrected chi connectivity index (χ3v) is 4.88. The van der Waals surface area contributed by atoms with E-state index in [4.69, 9.17) is 0 Å². The van der Waals surface area contributed by atoms with Gasteiger partial charge in [-0.2, -0.15) is 0 Å². The minimum absolute atomic E-state index is 0.0326. The van der Waals surface area contributed by atoms with Gasteiger partial charge < -0.3 is 10.6 Å². The first-order valence-corrected chi connectivity index (χ1v) is 9.33. The SMILES string of the molecule is CC[C@@H](NC(=O)c1ccc(NC(=O)C2CC2)cc1)c1ccc(Br)cc1. The van der Waals surface area contributed by atoms with Crippen LogP contribution in [-0.2, 0) is 4.79 Å². The molecule has 0 heterocycles. The lowest BCUT2D eigenvalue weighted by Crippen LogP contribution is -2.28. The fourth-order valence-electron chi connectivity index (χ4n) is 2.65. The molecule has 1 atom stereocenters. The van der Waals surface area contributed by atoms with E-state index in [1.54, 1.807) is 24.3 Å². The van der Waals surface area contributed by atoms with Gasteiger partial charge in [0.2, 0.25) is 5.91 Å². The monoisotopic (exact) mass is 400 g/mol. The highest BCUT2D eigenvalue weighted by molar-refractivity contribution is 9.10. The van der Waals surface area contributed by atoms with Crippen LogP contribution in [0.4, 0.5) is 5.69 Å². The van der Waals surface area contributed by atoms with Crippen molar-refractivity contribution in [2.24, 2.45) is 5.92 Å². The van der Waals surface area contributed by atoms with Crippen LogP contribution in [0.15, 0.2) is 53.0 Å². The number of nitrogens with one attached hydrogen (secondary N) is 2. The van der Waals surface area contributed by atoms with Crippen LogP contribution in [0.1, 0.15) is 48.1 Å². The van der Waals surface area contributed by atoms with Crippen molar-refractivity contribution in [1.29, 1.82) is 0 Å². The predicted octanol–water partition coefficient (Wildman–Crippen LogP) is 4.68. The van der Waals surface area contributed by atoms with Crippen molar-refractivity contribution in [2.75, 3.05) is 5.32 Å². The summed E-state index contributed by atoms with van der Waals surface area (Å²) in [4.78, 5) is 24.3. The van der Waals surface area contributed by atoms with Crippen LogP contribution in [0.25, 0.3) is 0 Å². The molecule has 2 amide bonds. The fourth-order valence-corrected chi connectivity index (χ4v) is 2.92. The zero-order valence-corrected chi connectivity index (χ0v) is 15.7. The number of halogens is 1. The van der Waals surface area contributed by atoms with Crippen LogP contribution in [-0.4, -0.2) is 11.8 Å². The summed E-state index contributed by atoms with van der Waals surface area (Å²) >= 11 is 3.42. The highest BCUT2D eigenvalue weighted by atomic mass is 79.9. The van der Waals surface area contributed by atoms with E-state index in [-0.39, 0.29) is 23.8 Å². The Hall–Kier alpha value is -2.14. The molecule has 2 aromatic rings. The minimum Gasteiger partial charge on any atom is -0.345 e. The lowest BCUT2D eigenvalue weighted by atomic mass is 10.0. The van der Waals surface area contributed by atoms with Crippen LogP contribution >= 0.6 is 15.9 Å². The van der Waals surface area contributed by atoms with E-state index in [0.717, 1.165) is 35.0 Å². The van der Waals surface area contributed by atoms with E-state index in [1.165, 1.54) is 0 Å². The van der Waals surface area contributed by atoms with Crippen LogP contribution in [0, 0.1) is 5.92 Å². The number of carbonyl (C=O) groups excluding carboxylic acids is 2. The maximum atomic E-state index is 12.5. The average molecular weight is 401 g/mol. The van der Waals surface area contributed by atoms with Gasteiger partial charge in [0.05, 0.1) is 6.04 Å². The molecular weight excluding hydrogens is 380 g/mol. The summed E-state index contributed by atoms with van der Waals surface area (Å²) < 4.78 is 1.02. The van der Waals surface area contributed by atoms with Gasteiger partial charge in [0.15, 0.2) is 0 Å². The first-order chi connectivity index (χ1) is 12.1. The number of benzene rings is 2. The summed E-state index contributed by atoms with van der Waals surface area (Å²) in [5, 5.41) is 5.94. The van der Waals surface area contributed by atoms with Crippen LogP contribution in [0.5, 0.6) is 0 Å². The van der Waals surface area contributed by atoms with E-state index in [9.17, 15) is 9.59 Å². The largest absolute Gasteiger partial charge is 0.345 e. The first-order valence-electron chi connectivity index (χ1n) is 8.54. The standard InChI is InChI=1S/C20H21BrN2O2/c1-2-18(13-5-9-16(21)10-6-13)23-20(25)15-7-11-17(12-8-15)22-19(24)14-3-4-14/h5-12,14,18H,2-4H2,1H3,(H,22,24)(H,23,25)/t18-/m1/s1. The van der Waals surface area contributed by atoms with Gasteiger partial charge in [-0.1, -0.05) is 35.0 Å². The smallest absolute Gasteiger partial charge is 0.251 e.